The van der Waals surface area contributed by atoms with Gasteiger partial charge >= 0.3 is 0 Å². The van der Waals surface area contributed by atoms with Crippen molar-refractivity contribution in [2.75, 3.05) is 12.3 Å². The van der Waals surface area contributed by atoms with Gasteiger partial charge in [0.05, 0.1) is 5.75 Å². The van der Waals surface area contributed by atoms with Crippen LogP contribution in [0.1, 0.15) is 38.3 Å². The highest BCUT2D eigenvalue weighted by Crippen LogP contribution is 2.19. The molecule has 2 atom stereocenters. The van der Waals surface area contributed by atoms with Crippen LogP contribution >= 0.6 is 11.8 Å². The van der Waals surface area contributed by atoms with Crippen LogP contribution in [-0.2, 0) is 16.0 Å². The molecule has 2 rings (SSSR count). The van der Waals surface area contributed by atoms with E-state index < -0.39 is 6.04 Å². The zero-order chi connectivity index (χ0) is 21.2. The monoisotopic (exact) mass is 412 g/mol. The first kappa shape index (κ1) is 23.0. The topological polar surface area (TPSA) is 49.4 Å². The van der Waals surface area contributed by atoms with Crippen LogP contribution in [0, 0.1) is 6.92 Å². The number of thioether (sulfide) groups is 1. The molecule has 0 aliphatic heterocycles. The lowest BCUT2D eigenvalue weighted by Crippen LogP contribution is -2.51. The van der Waals surface area contributed by atoms with Crippen LogP contribution in [0.15, 0.2) is 59.5 Å². The second-order valence-electron chi connectivity index (χ2n) is 7.42. The number of nitrogens with one attached hydrogen (secondary N) is 1. The van der Waals surface area contributed by atoms with E-state index in [1.54, 1.807) is 4.90 Å². The van der Waals surface area contributed by atoms with E-state index in [-0.39, 0.29) is 17.9 Å². The average Bonchev–Trinajstić information content (AvgIpc) is 2.73. The molecule has 2 unspecified atom stereocenters. The normalized spacial score (nSPS) is 12.8. The Morgan fingerprint density at radius 2 is 1.69 bits per heavy atom. The third kappa shape index (κ3) is 7.58. The standard InChI is InChI=1S/C24H32N2O2S/c1-5-19(3)25-24(28)20(4)26(16-15-21-9-7-6-8-10-21)23(27)17-29-22-13-11-18(2)12-14-22/h6-14,19-20H,5,15-17H2,1-4H3,(H,25,28). The maximum atomic E-state index is 13.0. The minimum atomic E-state index is -0.501. The molecule has 0 radical (unpaired) electrons. The summed E-state index contributed by atoms with van der Waals surface area (Å²) in [7, 11) is 0. The fourth-order valence-corrected chi connectivity index (χ4v) is 3.68. The molecule has 5 heteroatoms. The number of nitrogens with zero attached hydrogens (tertiary/aromatic N) is 1. The average molecular weight is 413 g/mol. The van der Waals surface area contributed by atoms with Gasteiger partial charge in [0.1, 0.15) is 6.04 Å². The molecule has 156 valence electrons. The SMILES string of the molecule is CCC(C)NC(=O)C(C)N(CCc1ccccc1)C(=O)CSc1ccc(C)cc1. The van der Waals surface area contributed by atoms with Crippen molar-refractivity contribution in [2.45, 2.75) is 57.5 Å². The van der Waals surface area contributed by atoms with Gasteiger partial charge in [0.2, 0.25) is 11.8 Å². The zero-order valence-electron chi connectivity index (χ0n) is 17.9. The van der Waals surface area contributed by atoms with Gasteiger partial charge in [0, 0.05) is 17.5 Å². The van der Waals surface area contributed by atoms with Crippen molar-refractivity contribution in [3.05, 3.63) is 65.7 Å². The number of carbonyl (C=O) groups excluding carboxylic acids is 2. The summed E-state index contributed by atoms with van der Waals surface area (Å²) in [6.07, 6.45) is 1.59. The largest absolute Gasteiger partial charge is 0.352 e. The molecule has 0 saturated carbocycles. The molecule has 0 spiro atoms. The summed E-state index contributed by atoms with van der Waals surface area (Å²) >= 11 is 1.51. The molecule has 0 bridgehead atoms. The summed E-state index contributed by atoms with van der Waals surface area (Å²) in [5, 5.41) is 3.00. The molecule has 0 aliphatic rings. The predicted molar refractivity (Wildman–Crippen MR) is 121 cm³/mol. The second kappa shape index (κ2) is 11.7. The van der Waals surface area contributed by atoms with Crippen LogP contribution in [0.5, 0.6) is 0 Å². The highest BCUT2D eigenvalue weighted by atomic mass is 32.2. The Hall–Kier alpha value is -2.27. The van der Waals surface area contributed by atoms with E-state index >= 15 is 0 Å². The molecule has 0 heterocycles. The van der Waals surface area contributed by atoms with Crippen LogP contribution in [0.2, 0.25) is 0 Å². The van der Waals surface area contributed by atoms with Crippen molar-refractivity contribution < 1.29 is 9.59 Å². The Labute approximate surface area is 179 Å². The van der Waals surface area contributed by atoms with Crippen molar-refractivity contribution in [3.63, 3.8) is 0 Å². The van der Waals surface area contributed by atoms with Gasteiger partial charge < -0.3 is 10.2 Å². The lowest BCUT2D eigenvalue weighted by atomic mass is 10.1. The summed E-state index contributed by atoms with van der Waals surface area (Å²) in [6.45, 7) is 8.40. The van der Waals surface area contributed by atoms with Crippen LogP contribution in [0.25, 0.3) is 0 Å². The van der Waals surface area contributed by atoms with Gasteiger partial charge in [-0.05, 0) is 51.3 Å². The quantitative estimate of drug-likeness (QED) is 0.586. The van der Waals surface area contributed by atoms with Gasteiger partial charge in [-0.25, -0.2) is 0 Å². The van der Waals surface area contributed by atoms with Crippen LogP contribution in [0.4, 0.5) is 0 Å². The maximum absolute atomic E-state index is 13.0. The Kier molecular flexibility index (Phi) is 9.26. The Balaban J connectivity index is 2.05. The molecule has 0 aromatic heterocycles. The first-order valence-electron chi connectivity index (χ1n) is 10.2. The highest BCUT2D eigenvalue weighted by Gasteiger charge is 2.26. The van der Waals surface area contributed by atoms with Gasteiger partial charge in [-0.2, -0.15) is 0 Å². The van der Waals surface area contributed by atoms with E-state index in [1.165, 1.54) is 17.3 Å². The number of hydrogen-bond donors (Lipinski definition) is 1. The zero-order valence-corrected chi connectivity index (χ0v) is 18.7. The minimum absolute atomic E-state index is 0.0155. The third-order valence-corrected chi connectivity index (χ3v) is 6.03. The van der Waals surface area contributed by atoms with Crippen molar-refractivity contribution in [2.24, 2.45) is 0 Å². The minimum Gasteiger partial charge on any atom is -0.352 e. The fourth-order valence-electron chi connectivity index (χ4n) is 2.90. The van der Waals surface area contributed by atoms with Gasteiger partial charge in [-0.1, -0.05) is 55.0 Å². The Bertz CT molecular complexity index is 777. The van der Waals surface area contributed by atoms with Crippen LogP contribution in [-0.4, -0.2) is 41.1 Å². The Morgan fingerprint density at radius 3 is 2.31 bits per heavy atom. The molecule has 2 amide bonds. The first-order chi connectivity index (χ1) is 13.9. The van der Waals surface area contributed by atoms with Crippen LogP contribution in [0.3, 0.4) is 0 Å². The molecule has 0 aliphatic carbocycles. The van der Waals surface area contributed by atoms with E-state index in [4.69, 9.17) is 0 Å². The number of rotatable bonds is 10. The summed E-state index contributed by atoms with van der Waals surface area (Å²) in [4.78, 5) is 28.5. The molecule has 0 saturated heterocycles. The summed E-state index contributed by atoms with van der Waals surface area (Å²) in [5.74, 6) is 0.207. The summed E-state index contributed by atoms with van der Waals surface area (Å²) in [6, 6.07) is 17.8. The molecule has 1 N–H and O–H groups in total. The van der Waals surface area contributed by atoms with Crippen molar-refractivity contribution in [1.29, 1.82) is 0 Å². The lowest BCUT2D eigenvalue weighted by Gasteiger charge is -2.29. The van der Waals surface area contributed by atoms with Crippen molar-refractivity contribution in [1.82, 2.24) is 10.2 Å². The van der Waals surface area contributed by atoms with E-state index in [0.29, 0.717) is 12.3 Å². The molecular weight excluding hydrogens is 380 g/mol. The van der Waals surface area contributed by atoms with E-state index in [0.717, 1.165) is 23.3 Å². The van der Waals surface area contributed by atoms with Gasteiger partial charge in [0.25, 0.3) is 0 Å². The number of aryl methyl sites for hydroxylation is 1. The number of carbonyl (C=O) groups is 2. The fraction of sp³-hybridized carbons (Fsp3) is 0.417. The molecule has 0 fully saturated rings. The first-order valence-corrected chi connectivity index (χ1v) is 11.2. The summed E-state index contributed by atoms with van der Waals surface area (Å²) in [5.41, 5.74) is 2.35. The number of benzene rings is 2. The summed E-state index contributed by atoms with van der Waals surface area (Å²) < 4.78 is 0. The molecule has 2 aromatic carbocycles. The smallest absolute Gasteiger partial charge is 0.242 e. The number of amides is 2. The predicted octanol–water partition coefficient (Wildman–Crippen LogP) is 4.46. The highest BCUT2D eigenvalue weighted by molar-refractivity contribution is 8.00. The molecular formula is C24H32N2O2S. The molecule has 29 heavy (non-hydrogen) atoms. The van der Waals surface area contributed by atoms with Gasteiger partial charge in [0.15, 0.2) is 0 Å². The van der Waals surface area contributed by atoms with E-state index in [2.05, 4.69) is 5.32 Å². The maximum Gasteiger partial charge on any atom is 0.242 e. The van der Waals surface area contributed by atoms with E-state index in [1.807, 2.05) is 82.3 Å². The van der Waals surface area contributed by atoms with Crippen LogP contribution < -0.4 is 5.32 Å². The molecule has 2 aromatic rings. The molecule has 4 nitrogen and oxygen atoms in total. The van der Waals surface area contributed by atoms with Crippen molar-refractivity contribution >= 4 is 23.6 Å². The van der Waals surface area contributed by atoms with E-state index in [9.17, 15) is 9.59 Å². The van der Waals surface area contributed by atoms with Gasteiger partial charge in [-0.3, -0.25) is 9.59 Å². The third-order valence-electron chi connectivity index (χ3n) is 5.04. The Morgan fingerprint density at radius 1 is 1.03 bits per heavy atom. The number of hydrogen-bond acceptors (Lipinski definition) is 3. The lowest BCUT2D eigenvalue weighted by molar-refractivity contribution is -0.138. The van der Waals surface area contributed by atoms with Gasteiger partial charge in [-0.15, -0.1) is 11.8 Å². The second-order valence-corrected chi connectivity index (χ2v) is 8.47. The van der Waals surface area contributed by atoms with Crippen molar-refractivity contribution in [3.8, 4) is 0 Å².